The smallest absolute Gasteiger partial charge is 0.337 e. The molecule has 3 rings (SSSR count). The van der Waals surface area contributed by atoms with Crippen LogP contribution in [0.3, 0.4) is 0 Å². The highest BCUT2D eigenvalue weighted by Crippen LogP contribution is 2.30. The van der Waals surface area contributed by atoms with E-state index in [0.717, 1.165) is 0 Å². The van der Waals surface area contributed by atoms with Crippen molar-refractivity contribution in [2.75, 3.05) is 0 Å². The molecule has 30 heavy (non-hydrogen) atoms. The Bertz CT molecular complexity index is 1190. The second-order valence-electron chi connectivity index (χ2n) is 6.29. The maximum Gasteiger partial charge on any atom is 0.337 e. The largest absolute Gasteiger partial charge is 0.478 e. The Kier molecular flexibility index (Phi) is 5.33. The second-order valence-corrected chi connectivity index (χ2v) is 6.29. The van der Waals surface area contributed by atoms with Crippen molar-refractivity contribution in [3.8, 4) is 22.3 Å². The van der Waals surface area contributed by atoms with E-state index >= 15 is 0 Å². The molecule has 0 amide bonds. The molecule has 0 aliphatic carbocycles. The molecule has 0 fully saturated rings. The third-order valence-corrected chi connectivity index (χ3v) is 4.52. The molecular weight excluding hydrogens is 392 g/mol. The predicted molar refractivity (Wildman–Crippen MR) is 105 cm³/mol. The first kappa shape index (κ1) is 20.3. The van der Waals surface area contributed by atoms with Crippen molar-refractivity contribution in [1.82, 2.24) is 0 Å². The lowest BCUT2D eigenvalue weighted by Crippen LogP contribution is -2.09. The molecule has 0 atom stereocenters. The van der Waals surface area contributed by atoms with Crippen LogP contribution in [-0.4, -0.2) is 44.3 Å². The van der Waals surface area contributed by atoms with E-state index in [-0.39, 0.29) is 27.8 Å². The van der Waals surface area contributed by atoms with Crippen LogP contribution >= 0.6 is 0 Å². The molecule has 0 radical (unpaired) electrons. The van der Waals surface area contributed by atoms with E-state index in [9.17, 15) is 34.5 Å². The first-order valence-electron chi connectivity index (χ1n) is 8.51. The molecule has 8 heteroatoms. The SMILES string of the molecule is O=C(O)c1ccc(-c2ccc(-c3cccc(C(=O)O)c3C(=O)O)cc2)cc1C(=O)O. The van der Waals surface area contributed by atoms with Gasteiger partial charge >= 0.3 is 23.9 Å². The van der Waals surface area contributed by atoms with E-state index in [4.69, 9.17) is 5.11 Å². The molecule has 0 aromatic heterocycles. The van der Waals surface area contributed by atoms with Crippen LogP contribution in [0.15, 0.2) is 60.7 Å². The van der Waals surface area contributed by atoms with Crippen molar-refractivity contribution in [1.29, 1.82) is 0 Å². The lowest BCUT2D eigenvalue weighted by molar-refractivity contribution is 0.0651. The Balaban J connectivity index is 2.07. The second kappa shape index (κ2) is 7.88. The fourth-order valence-corrected chi connectivity index (χ4v) is 3.13. The maximum atomic E-state index is 11.6. The zero-order valence-electron chi connectivity index (χ0n) is 15.2. The molecule has 0 saturated carbocycles. The van der Waals surface area contributed by atoms with Gasteiger partial charge in [-0.3, -0.25) is 0 Å². The van der Waals surface area contributed by atoms with E-state index in [0.29, 0.717) is 16.7 Å². The minimum atomic E-state index is -1.37. The van der Waals surface area contributed by atoms with Crippen LogP contribution in [0.1, 0.15) is 41.4 Å². The monoisotopic (exact) mass is 406 g/mol. The third-order valence-electron chi connectivity index (χ3n) is 4.52. The van der Waals surface area contributed by atoms with Gasteiger partial charge in [0.15, 0.2) is 0 Å². The molecule has 3 aromatic carbocycles. The van der Waals surface area contributed by atoms with Crippen LogP contribution in [-0.2, 0) is 0 Å². The van der Waals surface area contributed by atoms with E-state index in [1.165, 1.54) is 36.4 Å². The molecule has 0 heterocycles. The van der Waals surface area contributed by atoms with Crippen LogP contribution in [0, 0.1) is 0 Å². The molecule has 0 saturated heterocycles. The minimum absolute atomic E-state index is 0.224. The van der Waals surface area contributed by atoms with Gasteiger partial charge in [-0.15, -0.1) is 0 Å². The van der Waals surface area contributed by atoms with Gasteiger partial charge in [0.2, 0.25) is 0 Å². The van der Waals surface area contributed by atoms with Gasteiger partial charge < -0.3 is 20.4 Å². The zero-order chi connectivity index (χ0) is 22.0. The summed E-state index contributed by atoms with van der Waals surface area (Å²) in [5.74, 6) is -5.45. The van der Waals surface area contributed by atoms with Crippen LogP contribution in [0.5, 0.6) is 0 Å². The lowest BCUT2D eigenvalue weighted by Gasteiger charge is -2.11. The summed E-state index contributed by atoms with van der Waals surface area (Å²) < 4.78 is 0. The summed E-state index contributed by atoms with van der Waals surface area (Å²) in [6.45, 7) is 0. The number of carbonyl (C=O) groups is 4. The Hall–Kier alpha value is -4.46. The summed E-state index contributed by atoms with van der Waals surface area (Å²) in [6, 6.07) is 14.4. The number of benzene rings is 3. The van der Waals surface area contributed by atoms with Crippen LogP contribution < -0.4 is 0 Å². The van der Waals surface area contributed by atoms with Crippen molar-refractivity contribution < 1.29 is 39.6 Å². The van der Waals surface area contributed by atoms with Crippen molar-refractivity contribution in [3.05, 3.63) is 82.9 Å². The molecule has 0 unspecified atom stereocenters. The Morgan fingerprint density at radius 1 is 0.500 bits per heavy atom. The first-order chi connectivity index (χ1) is 14.2. The van der Waals surface area contributed by atoms with Crippen LogP contribution in [0.4, 0.5) is 0 Å². The molecule has 0 spiro atoms. The summed E-state index contributed by atoms with van der Waals surface area (Å²) in [6.07, 6.45) is 0. The maximum absolute atomic E-state index is 11.6. The summed E-state index contributed by atoms with van der Waals surface area (Å²) in [5, 5.41) is 37.1. The normalized spacial score (nSPS) is 10.4. The fraction of sp³-hybridized carbons (Fsp3) is 0. The Morgan fingerprint density at radius 2 is 1.03 bits per heavy atom. The van der Waals surface area contributed by atoms with E-state index in [2.05, 4.69) is 0 Å². The van der Waals surface area contributed by atoms with Crippen molar-refractivity contribution in [3.63, 3.8) is 0 Å². The van der Waals surface area contributed by atoms with Crippen molar-refractivity contribution in [2.45, 2.75) is 0 Å². The molecule has 150 valence electrons. The summed E-state index contributed by atoms with van der Waals surface area (Å²) in [7, 11) is 0. The quantitative estimate of drug-likeness (QED) is 0.483. The van der Waals surface area contributed by atoms with Crippen LogP contribution in [0.25, 0.3) is 22.3 Å². The Labute approximate surface area is 169 Å². The first-order valence-corrected chi connectivity index (χ1v) is 8.51. The summed E-state index contributed by atoms with van der Waals surface area (Å²) in [5.41, 5.74) is 0.356. The van der Waals surface area contributed by atoms with Gasteiger partial charge in [-0.05, 0) is 40.5 Å². The third kappa shape index (κ3) is 3.74. The van der Waals surface area contributed by atoms with Gasteiger partial charge in [0.05, 0.1) is 22.3 Å². The number of carboxylic acid groups (broad SMARTS) is 4. The van der Waals surface area contributed by atoms with Crippen LogP contribution in [0.2, 0.25) is 0 Å². The molecule has 0 aliphatic rings. The molecule has 0 aliphatic heterocycles. The number of carboxylic acids is 4. The molecule has 3 aromatic rings. The number of aromatic carboxylic acids is 4. The van der Waals surface area contributed by atoms with E-state index in [1.807, 2.05) is 0 Å². The van der Waals surface area contributed by atoms with E-state index in [1.54, 1.807) is 24.3 Å². The highest BCUT2D eigenvalue weighted by molar-refractivity contribution is 6.06. The Morgan fingerprint density at radius 3 is 1.57 bits per heavy atom. The number of hydrogen-bond acceptors (Lipinski definition) is 4. The molecule has 4 N–H and O–H groups in total. The van der Waals surface area contributed by atoms with Gasteiger partial charge in [0, 0.05) is 0 Å². The standard InChI is InChI=1S/C22H14O8/c23-19(24)15-9-8-13(10-17(15)21(27)28)11-4-6-12(7-5-11)14-2-1-3-16(20(25)26)18(14)22(29)30/h1-10H,(H,23,24)(H,25,26)(H,27,28)(H,29,30). The molecule has 8 nitrogen and oxygen atoms in total. The number of rotatable bonds is 6. The highest BCUT2D eigenvalue weighted by Gasteiger charge is 2.21. The summed E-state index contributed by atoms with van der Waals surface area (Å²) >= 11 is 0. The van der Waals surface area contributed by atoms with Gasteiger partial charge in [-0.25, -0.2) is 19.2 Å². The number of hydrogen-bond donors (Lipinski definition) is 4. The predicted octanol–water partition coefficient (Wildman–Crippen LogP) is 3.81. The van der Waals surface area contributed by atoms with E-state index < -0.39 is 23.9 Å². The summed E-state index contributed by atoms with van der Waals surface area (Å²) in [4.78, 5) is 45.5. The van der Waals surface area contributed by atoms with Crippen molar-refractivity contribution >= 4 is 23.9 Å². The molecular formula is C22H14O8. The van der Waals surface area contributed by atoms with Gasteiger partial charge in [0.25, 0.3) is 0 Å². The highest BCUT2D eigenvalue weighted by atomic mass is 16.4. The fourth-order valence-electron chi connectivity index (χ4n) is 3.13. The average molecular weight is 406 g/mol. The van der Waals surface area contributed by atoms with Gasteiger partial charge in [0.1, 0.15) is 0 Å². The lowest BCUT2D eigenvalue weighted by atomic mass is 9.93. The minimum Gasteiger partial charge on any atom is -0.478 e. The van der Waals surface area contributed by atoms with Gasteiger partial charge in [-0.2, -0.15) is 0 Å². The van der Waals surface area contributed by atoms with Crippen molar-refractivity contribution in [2.24, 2.45) is 0 Å². The average Bonchev–Trinajstić information content (AvgIpc) is 2.72. The zero-order valence-corrected chi connectivity index (χ0v) is 15.2. The molecule has 0 bridgehead atoms. The topological polar surface area (TPSA) is 149 Å². The van der Waals surface area contributed by atoms with Gasteiger partial charge in [-0.1, -0.05) is 42.5 Å².